The van der Waals surface area contributed by atoms with E-state index in [1.807, 2.05) is 0 Å². The van der Waals surface area contributed by atoms with Crippen LogP contribution in [0.25, 0.3) is 0 Å². The van der Waals surface area contributed by atoms with Crippen LogP contribution in [0.1, 0.15) is 16.1 Å². The highest BCUT2D eigenvalue weighted by Crippen LogP contribution is 2.16. The Hall–Kier alpha value is -3.68. The molecular formula is C21H21FN4O3. The van der Waals surface area contributed by atoms with Gasteiger partial charge in [0.25, 0.3) is 5.91 Å². The molecule has 0 aliphatic rings. The largest absolute Gasteiger partial charge is 0.497 e. The van der Waals surface area contributed by atoms with E-state index in [-0.39, 0.29) is 24.0 Å². The van der Waals surface area contributed by atoms with Crippen LogP contribution in [0.4, 0.5) is 10.2 Å². The predicted molar refractivity (Wildman–Crippen MR) is 107 cm³/mol. The molecule has 2 aromatic carbocycles. The number of nitrogens with one attached hydrogen (secondary N) is 2. The molecule has 1 amide bonds. The average molecular weight is 396 g/mol. The molecule has 0 radical (unpaired) electrons. The molecule has 29 heavy (non-hydrogen) atoms. The molecule has 0 aliphatic carbocycles. The zero-order valence-corrected chi connectivity index (χ0v) is 15.9. The Bertz CT molecular complexity index is 933. The average Bonchev–Trinajstić information content (AvgIpc) is 2.77. The van der Waals surface area contributed by atoms with Crippen LogP contribution in [0.5, 0.6) is 11.5 Å². The first kappa shape index (κ1) is 20.1. The molecule has 3 aromatic rings. The highest BCUT2D eigenvalue weighted by atomic mass is 19.1. The van der Waals surface area contributed by atoms with Gasteiger partial charge in [0.1, 0.15) is 35.4 Å². The highest BCUT2D eigenvalue weighted by Gasteiger charge is 2.08. The molecule has 150 valence electrons. The summed E-state index contributed by atoms with van der Waals surface area (Å²) in [6.07, 6.45) is 2.80. The van der Waals surface area contributed by atoms with Crippen molar-refractivity contribution in [3.63, 3.8) is 0 Å². The number of nitrogens with zero attached hydrogens (tertiary/aromatic N) is 2. The van der Waals surface area contributed by atoms with Crippen LogP contribution in [0.15, 0.2) is 60.9 Å². The zero-order chi connectivity index (χ0) is 20.5. The Kier molecular flexibility index (Phi) is 6.94. The van der Waals surface area contributed by atoms with E-state index in [2.05, 4.69) is 20.6 Å². The molecule has 0 saturated carbocycles. The summed E-state index contributed by atoms with van der Waals surface area (Å²) < 4.78 is 24.2. The summed E-state index contributed by atoms with van der Waals surface area (Å²) in [5.41, 5.74) is 0.707. The molecule has 0 saturated heterocycles. The molecule has 8 heteroatoms. The molecule has 3 rings (SSSR count). The fraction of sp³-hybridized carbons (Fsp3) is 0.190. The van der Waals surface area contributed by atoms with Gasteiger partial charge in [-0.3, -0.25) is 4.79 Å². The number of methoxy groups -OCH3 is 1. The van der Waals surface area contributed by atoms with Crippen LogP contribution in [0.2, 0.25) is 0 Å². The monoisotopic (exact) mass is 396 g/mol. The van der Waals surface area contributed by atoms with Crippen molar-refractivity contribution in [2.75, 3.05) is 25.6 Å². The molecule has 0 atom stereocenters. The summed E-state index contributed by atoms with van der Waals surface area (Å²) in [6, 6.07) is 13.7. The molecule has 0 bridgehead atoms. The van der Waals surface area contributed by atoms with Crippen molar-refractivity contribution in [1.29, 1.82) is 0 Å². The number of rotatable bonds is 9. The molecular weight excluding hydrogens is 375 g/mol. The number of amides is 1. The first-order chi connectivity index (χ1) is 14.2. The number of hydrogen-bond acceptors (Lipinski definition) is 6. The van der Waals surface area contributed by atoms with Crippen LogP contribution in [-0.4, -0.2) is 36.1 Å². The molecule has 7 nitrogen and oxygen atoms in total. The topological polar surface area (TPSA) is 85.4 Å². The summed E-state index contributed by atoms with van der Waals surface area (Å²) in [7, 11) is 1.60. The van der Waals surface area contributed by atoms with Gasteiger partial charge in [0, 0.05) is 12.1 Å². The van der Waals surface area contributed by atoms with Crippen molar-refractivity contribution in [2.45, 2.75) is 6.54 Å². The predicted octanol–water partition coefficient (Wildman–Crippen LogP) is 3.05. The standard InChI is InChI=1S/C21H21FN4O3/c1-28-16-6-8-17(9-7-16)29-11-10-23-21(27)19-13-26-20(14-24-19)25-12-15-4-2-3-5-18(15)22/h2-9,13-14H,10-12H2,1H3,(H,23,27)(H,25,26). The number of ether oxygens (including phenoxy) is 2. The fourth-order valence-electron chi connectivity index (χ4n) is 2.46. The van der Waals surface area contributed by atoms with Crippen molar-refractivity contribution in [3.05, 3.63) is 78.0 Å². The van der Waals surface area contributed by atoms with E-state index in [0.717, 1.165) is 5.75 Å². The quantitative estimate of drug-likeness (QED) is 0.541. The molecule has 1 aromatic heterocycles. The second-order valence-electron chi connectivity index (χ2n) is 6.01. The molecule has 0 unspecified atom stereocenters. The maximum absolute atomic E-state index is 13.6. The van der Waals surface area contributed by atoms with E-state index in [9.17, 15) is 9.18 Å². The Morgan fingerprint density at radius 3 is 2.48 bits per heavy atom. The lowest BCUT2D eigenvalue weighted by molar-refractivity contribution is 0.0941. The number of carbonyl (C=O) groups excluding carboxylic acids is 1. The van der Waals surface area contributed by atoms with Crippen molar-refractivity contribution < 1.29 is 18.7 Å². The van der Waals surface area contributed by atoms with Gasteiger partial charge in [-0.2, -0.15) is 0 Å². The maximum Gasteiger partial charge on any atom is 0.271 e. The molecule has 0 spiro atoms. The summed E-state index contributed by atoms with van der Waals surface area (Å²) in [6.45, 7) is 0.906. The maximum atomic E-state index is 13.6. The minimum absolute atomic E-state index is 0.186. The van der Waals surface area contributed by atoms with E-state index >= 15 is 0 Å². The lowest BCUT2D eigenvalue weighted by Gasteiger charge is -2.09. The molecule has 0 fully saturated rings. The first-order valence-electron chi connectivity index (χ1n) is 9.00. The van der Waals surface area contributed by atoms with Crippen LogP contribution in [0.3, 0.4) is 0 Å². The smallest absolute Gasteiger partial charge is 0.271 e. The number of aromatic nitrogens is 2. The third-order valence-corrected chi connectivity index (χ3v) is 4.02. The lowest BCUT2D eigenvalue weighted by atomic mass is 10.2. The molecule has 0 aliphatic heterocycles. The van der Waals surface area contributed by atoms with E-state index in [0.29, 0.717) is 30.3 Å². The third kappa shape index (κ3) is 5.90. The Labute approximate surface area is 167 Å². The van der Waals surface area contributed by atoms with Gasteiger partial charge < -0.3 is 20.1 Å². The van der Waals surface area contributed by atoms with Gasteiger partial charge in [-0.05, 0) is 30.3 Å². The fourth-order valence-corrected chi connectivity index (χ4v) is 2.46. The third-order valence-electron chi connectivity index (χ3n) is 4.02. The van der Waals surface area contributed by atoms with Gasteiger partial charge in [0.05, 0.1) is 26.0 Å². The van der Waals surface area contributed by atoms with Crippen molar-refractivity contribution in [3.8, 4) is 11.5 Å². The SMILES string of the molecule is COc1ccc(OCCNC(=O)c2cnc(NCc3ccccc3F)cn2)cc1. The van der Waals surface area contributed by atoms with E-state index in [1.165, 1.54) is 18.5 Å². The van der Waals surface area contributed by atoms with Gasteiger partial charge in [0.2, 0.25) is 0 Å². The Morgan fingerprint density at radius 2 is 1.79 bits per heavy atom. The van der Waals surface area contributed by atoms with Crippen molar-refractivity contribution in [2.24, 2.45) is 0 Å². The second-order valence-corrected chi connectivity index (χ2v) is 6.01. The Balaban J connectivity index is 1.42. The number of benzene rings is 2. The minimum Gasteiger partial charge on any atom is -0.497 e. The van der Waals surface area contributed by atoms with Gasteiger partial charge >= 0.3 is 0 Å². The van der Waals surface area contributed by atoms with Crippen LogP contribution < -0.4 is 20.1 Å². The Morgan fingerprint density at radius 1 is 1.03 bits per heavy atom. The van der Waals surface area contributed by atoms with Crippen molar-refractivity contribution in [1.82, 2.24) is 15.3 Å². The summed E-state index contributed by atoms with van der Waals surface area (Å²) in [5, 5.41) is 5.69. The van der Waals surface area contributed by atoms with Gasteiger partial charge in [0.15, 0.2) is 0 Å². The zero-order valence-electron chi connectivity index (χ0n) is 15.9. The van der Waals surface area contributed by atoms with Gasteiger partial charge in [-0.15, -0.1) is 0 Å². The van der Waals surface area contributed by atoms with E-state index < -0.39 is 0 Å². The number of hydrogen-bond donors (Lipinski definition) is 2. The van der Waals surface area contributed by atoms with Crippen LogP contribution in [-0.2, 0) is 6.54 Å². The highest BCUT2D eigenvalue weighted by molar-refractivity contribution is 5.91. The second kappa shape index (κ2) is 10.0. The summed E-state index contributed by atoms with van der Waals surface area (Å²) >= 11 is 0. The number of anilines is 1. The number of halogens is 1. The molecule has 1 heterocycles. The first-order valence-corrected chi connectivity index (χ1v) is 9.00. The normalized spacial score (nSPS) is 10.3. The summed E-state index contributed by atoms with van der Waals surface area (Å²) in [5.74, 6) is 1.24. The molecule has 2 N–H and O–H groups in total. The van der Waals surface area contributed by atoms with Crippen LogP contribution >= 0.6 is 0 Å². The van der Waals surface area contributed by atoms with Gasteiger partial charge in [-0.1, -0.05) is 18.2 Å². The van der Waals surface area contributed by atoms with Crippen molar-refractivity contribution >= 4 is 11.7 Å². The minimum atomic E-state index is -0.350. The van der Waals surface area contributed by atoms with E-state index in [1.54, 1.807) is 49.6 Å². The van der Waals surface area contributed by atoms with Crippen LogP contribution in [0, 0.1) is 5.82 Å². The lowest BCUT2D eigenvalue weighted by Crippen LogP contribution is -2.28. The summed E-state index contributed by atoms with van der Waals surface area (Å²) in [4.78, 5) is 20.3. The van der Waals surface area contributed by atoms with E-state index in [4.69, 9.17) is 9.47 Å². The number of carbonyl (C=O) groups is 1. The van der Waals surface area contributed by atoms with Gasteiger partial charge in [-0.25, -0.2) is 14.4 Å².